The summed E-state index contributed by atoms with van der Waals surface area (Å²) in [7, 11) is 1.66. The van der Waals surface area contributed by atoms with Crippen LogP contribution >= 0.6 is 0 Å². The molecule has 0 saturated carbocycles. The minimum absolute atomic E-state index is 0.100. The molecular weight excluding hydrogens is 222 g/mol. The Bertz CT molecular complexity index is 427. The first-order valence-electron chi connectivity index (χ1n) is 5.40. The second kappa shape index (κ2) is 4.99. The predicted molar refractivity (Wildman–Crippen MR) is 61.6 cm³/mol. The highest BCUT2D eigenvalue weighted by molar-refractivity contribution is 5.92. The molecule has 94 valence electrons. The molecular formula is C11H17N3O3. The van der Waals surface area contributed by atoms with Crippen molar-refractivity contribution >= 4 is 11.9 Å². The van der Waals surface area contributed by atoms with E-state index in [0.717, 1.165) is 0 Å². The number of aryl methyl sites for hydroxylation is 1. The molecule has 0 fully saturated rings. The Morgan fingerprint density at radius 2 is 2.24 bits per heavy atom. The fraction of sp³-hybridized carbons (Fsp3) is 0.545. The molecule has 1 amide bonds. The lowest BCUT2D eigenvalue weighted by Crippen LogP contribution is -2.41. The summed E-state index contributed by atoms with van der Waals surface area (Å²) in [5.41, 5.74) is -0.525. The minimum Gasteiger partial charge on any atom is -0.481 e. The summed E-state index contributed by atoms with van der Waals surface area (Å²) in [4.78, 5) is 22.8. The molecule has 0 aliphatic rings. The Kier molecular flexibility index (Phi) is 3.88. The average Bonchev–Trinajstić information content (AvgIpc) is 2.71. The Hall–Kier alpha value is -1.85. The number of aliphatic carboxylic acids is 1. The maximum atomic E-state index is 11.7. The van der Waals surface area contributed by atoms with E-state index in [-0.39, 0.29) is 12.5 Å². The SMILES string of the molecule is CCC(C)(CNC(=O)c1ccnn1C)C(=O)O. The number of hydrogen-bond donors (Lipinski definition) is 2. The van der Waals surface area contributed by atoms with Crippen molar-refractivity contribution in [1.29, 1.82) is 0 Å². The highest BCUT2D eigenvalue weighted by atomic mass is 16.4. The largest absolute Gasteiger partial charge is 0.481 e. The summed E-state index contributed by atoms with van der Waals surface area (Å²) in [6.07, 6.45) is 1.97. The number of carboxylic acid groups (broad SMARTS) is 1. The molecule has 6 heteroatoms. The van der Waals surface area contributed by atoms with E-state index in [0.29, 0.717) is 12.1 Å². The van der Waals surface area contributed by atoms with Crippen molar-refractivity contribution < 1.29 is 14.7 Å². The number of carbonyl (C=O) groups excluding carboxylic acids is 1. The molecule has 1 unspecified atom stereocenters. The van der Waals surface area contributed by atoms with Crippen molar-refractivity contribution in [1.82, 2.24) is 15.1 Å². The number of amides is 1. The molecule has 0 spiro atoms. The molecule has 0 aliphatic carbocycles. The number of nitrogens with zero attached hydrogens (tertiary/aromatic N) is 2. The third-order valence-corrected chi connectivity index (χ3v) is 2.99. The van der Waals surface area contributed by atoms with Crippen molar-refractivity contribution in [2.24, 2.45) is 12.5 Å². The van der Waals surface area contributed by atoms with Crippen LogP contribution in [0.5, 0.6) is 0 Å². The first-order chi connectivity index (χ1) is 7.90. The van der Waals surface area contributed by atoms with Crippen LogP contribution in [0.4, 0.5) is 0 Å². The van der Waals surface area contributed by atoms with Crippen molar-refractivity contribution in [3.05, 3.63) is 18.0 Å². The fourth-order valence-corrected chi connectivity index (χ4v) is 1.31. The number of rotatable bonds is 5. The van der Waals surface area contributed by atoms with Crippen LogP contribution in [0.2, 0.25) is 0 Å². The van der Waals surface area contributed by atoms with Crippen molar-refractivity contribution in [3.63, 3.8) is 0 Å². The Labute approximate surface area is 99.6 Å². The van der Waals surface area contributed by atoms with E-state index < -0.39 is 11.4 Å². The maximum Gasteiger partial charge on any atom is 0.311 e. The van der Waals surface area contributed by atoms with Gasteiger partial charge < -0.3 is 10.4 Å². The molecule has 1 rings (SSSR count). The van der Waals surface area contributed by atoms with Gasteiger partial charge in [0.2, 0.25) is 0 Å². The van der Waals surface area contributed by atoms with Crippen molar-refractivity contribution in [3.8, 4) is 0 Å². The van der Waals surface area contributed by atoms with E-state index in [1.807, 2.05) is 0 Å². The second-order valence-corrected chi connectivity index (χ2v) is 4.24. The molecule has 1 atom stereocenters. The lowest BCUT2D eigenvalue weighted by molar-refractivity contribution is -0.147. The molecule has 0 radical (unpaired) electrons. The molecule has 1 heterocycles. The van der Waals surface area contributed by atoms with Crippen LogP contribution in [0.1, 0.15) is 30.8 Å². The van der Waals surface area contributed by atoms with Crippen LogP contribution in [0.15, 0.2) is 12.3 Å². The normalized spacial score (nSPS) is 14.1. The van der Waals surface area contributed by atoms with E-state index in [4.69, 9.17) is 5.11 Å². The Morgan fingerprint density at radius 3 is 2.65 bits per heavy atom. The van der Waals surface area contributed by atoms with Gasteiger partial charge in [0.1, 0.15) is 5.69 Å². The number of carbonyl (C=O) groups is 2. The van der Waals surface area contributed by atoms with Crippen molar-refractivity contribution in [2.75, 3.05) is 6.54 Å². The summed E-state index contributed by atoms with van der Waals surface area (Å²) in [5.74, 6) is -1.23. The molecule has 6 nitrogen and oxygen atoms in total. The van der Waals surface area contributed by atoms with Crippen LogP contribution in [0.25, 0.3) is 0 Å². The monoisotopic (exact) mass is 239 g/mol. The highest BCUT2D eigenvalue weighted by Gasteiger charge is 2.31. The highest BCUT2D eigenvalue weighted by Crippen LogP contribution is 2.19. The fourth-order valence-electron chi connectivity index (χ4n) is 1.31. The quantitative estimate of drug-likeness (QED) is 0.790. The molecule has 0 aliphatic heterocycles. The van der Waals surface area contributed by atoms with Gasteiger partial charge in [0.05, 0.1) is 5.41 Å². The van der Waals surface area contributed by atoms with E-state index in [1.165, 1.54) is 10.9 Å². The second-order valence-electron chi connectivity index (χ2n) is 4.24. The van der Waals surface area contributed by atoms with Gasteiger partial charge in [-0.3, -0.25) is 14.3 Å². The van der Waals surface area contributed by atoms with Gasteiger partial charge in [0.15, 0.2) is 0 Å². The zero-order chi connectivity index (χ0) is 13.1. The average molecular weight is 239 g/mol. The third-order valence-electron chi connectivity index (χ3n) is 2.99. The Morgan fingerprint density at radius 1 is 1.59 bits per heavy atom. The molecule has 2 N–H and O–H groups in total. The number of hydrogen-bond acceptors (Lipinski definition) is 3. The summed E-state index contributed by atoms with van der Waals surface area (Å²) < 4.78 is 1.44. The van der Waals surface area contributed by atoms with Crippen LogP contribution in [-0.4, -0.2) is 33.3 Å². The zero-order valence-electron chi connectivity index (χ0n) is 10.2. The van der Waals surface area contributed by atoms with E-state index in [2.05, 4.69) is 10.4 Å². The summed E-state index contributed by atoms with van der Waals surface area (Å²) in [6.45, 7) is 3.49. The first kappa shape index (κ1) is 13.2. The number of aromatic nitrogens is 2. The van der Waals surface area contributed by atoms with Gasteiger partial charge in [-0.25, -0.2) is 0 Å². The van der Waals surface area contributed by atoms with Crippen LogP contribution < -0.4 is 5.32 Å². The van der Waals surface area contributed by atoms with Gasteiger partial charge in [-0.1, -0.05) is 6.92 Å². The molecule has 1 aromatic heterocycles. The van der Waals surface area contributed by atoms with Gasteiger partial charge in [-0.2, -0.15) is 5.10 Å². The van der Waals surface area contributed by atoms with Gasteiger partial charge in [0, 0.05) is 19.8 Å². The van der Waals surface area contributed by atoms with E-state index in [1.54, 1.807) is 27.0 Å². The summed E-state index contributed by atoms with van der Waals surface area (Å²) in [5, 5.41) is 15.6. The summed E-state index contributed by atoms with van der Waals surface area (Å²) >= 11 is 0. The standard InChI is InChI=1S/C11H17N3O3/c1-4-11(2,10(16)17)7-12-9(15)8-5-6-13-14(8)3/h5-6H,4,7H2,1-3H3,(H,12,15)(H,16,17). The van der Waals surface area contributed by atoms with Gasteiger partial charge in [-0.05, 0) is 19.4 Å². The first-order valence-corrected chi connectivity index (χ1v) is 5.40. The maximum absolute atomic E-state index is 11.7. The van der Waals surface area contributed by atoms with Gasteiger partial charge in [0.25, 0.3) is 5.91 Å². The third kappa shape index (κ3) is 2.83. The lowest BCUT2D eigenvalue weighted by atomic mass is 9.88. The van der Waals surface area contributed by atoms with Crippen LogP contribution in [-0.2, 0) is 11.8 Å². The number of carboxylic acids is 1. The molecule has 0 bridgehead atoms. The molecule has 1 aromatic rings. The van der Waals surface area contributed by atoms with E-state index in [9.17, 15) is 9.59 Å². The zero-order valence-corrected chi connectivity index (χ0v) is 10.2. The topological polar surface area (TPSA) is 84.2 Å². The minimum atomic E-state index is -0.936. The smallest absolute Gasteiger partial charge is 0.311 e. The van der Waals surface area contributed by atoms with Crippen LogP contribution in [0.3, 0.4) is 0 Å². The summed E-state index contributed by atoms with van der Waals surface area (Å²) in [6, 6.07) is 1.58. The Balaban J connectivity index is 2.66. The van der Waals surface area contributed by atoms with Gasteiger partial charge in [-0.15, -0.1) is 0 Å². The van der Waals surface area contributed by atoms with E-state index >= 15 is 0 Å². The predicted octanol–water partition coefficient (Wildman–Crippen LogP) is 0.651. The number of nitrogens with one attached hydrogen (secondary N) is 1. The molecule has 0 saturated heterocycles. The lowest BCUT2D eigenvalue weighted by Gasteiger charge is -2.23. The molecule has 17 heavy (non-hydrogen) atoms. The van der Waals surface area contributed by atoms with Crippen molar-refractivity contribution in [2.45, 2.75) is 20.3 Å². The van der Waals surface area contributed by atoms with Crippen LogP contribution in [0, 0.1) is 5.41 Å². The van der Waals surface area contributed by atoms with Gasteiger partial charge >= 0.3 is 5.97 Å². The molecule has 0 aromatic carbocycles.